The Labute approximate surface area is 158 Å². The highest BCUT2D eigenvalue weighted by Gasteiger charge is 2.22. The van der Waals surface area contributed by atoms with E-state index >= 15 is 0 Å². The van der Waals surface area contributed by atoms with Crippen molar-refractivity contribution in [3.8, 4) is 0 Å². The van der Waals surface area contributed by atoms with Gasteiger partial charge in [-0.3, -0.25) is 4.90 Å². The fraction of sp³-hybridized carbons (Fsp3) is 0.421. The molecule has 2 aromatic rings. The lowest BCUT2D eigenvalue weighted by atomic mass is 10.1. The lowest BCUT2D eigenvalue weighted by Crippen LogP contribution is -2.40. The Morgan fingerprint density at radius 1 is 1.12 bits per heavy atom. The van der Waals surface area contributed by atoms with E-state index in [9.17, 15) is 4.79 Å². The van der Waals surface area contributed by atoms with Crippen molar-refractivity contribution in [2.45, 2.75) is 31.7 Å². The van der Waals surface area contributed by atoms with Crippen LogP contribution in [0.2, 0.25) is 5.02 Å². The number of nitrogens with zero attached hydrogens (tertiary/aromatic N) is 1. The van der Waals surface area contributed by atoms with Crippen LogP contribution in [0.5, 0.6) is 0 Å². The van der Waals surface area contributed by atoms with Gasteiger partial charge in [-0.1, -0.05) is 24.4 Å². The molecule has 1 aliphatic rings. The Morgan fingerprint density at radius 3 is 2.48 bits per heavy atom. The third kappa shape index (κ3) is 5.46. The van der Waals surface area contributed by atoms with Gasteiger partial charge in [0.15, 0.2) is 0 Å². The van der Waals surface area contributed by atoms with Gasteiger partial charge in [-0.25, -0.2) is 4.79 Å². The van der Waals surface area contributed by atoms with E-state index in [1.807, 2.05) is 0 Å². The molecule has 1 fully saturated rings. The summed E-state index contributed by atoms with van der Waals surface area (Å²) < 4.78 is 0. The molecule has 2 heterocycles. The molecule has 0 spiro atoms. The van der Waals surface area contributed by atoms with E-state index in [0.29, 0.717) is 11.6 Å². The summed E-state index contributed by atoms with van der Waals surface area (Å²) >= 11 is 7.58. The van der Waals surface area contributed by atoms with Crippen molar-refractivity contribution in [1.29, 1.82) is 0 Å². The quantitative estimate of drug-likeness (QED) is 0.757. The Kier molecular flexibility index (Phi) is 6.73. The molecule has 25 heavy (non-hydrogen) atoms. The van der Waals surface area contributed by atoms with E-state index in [4.69, 9.17) is 11.6 Å². The van der Waals surface area contributed by atoms with Gasteiger partial charge in [0.25, 0.3) is 0 Å². The SMILES string of the molecule is O=C(NCC(c1ccsc1)N1CCCCCC1)Nc1ccc(Cl)cc1. The van der Waals surface area contributed by atoms with Crippen LogP contribution >= 0.6 is 22.9 Å². The van der Waals surface area contributed by atoms with Gasteiger partial charge in [0.1, 0.15) is 0 Å². The van der Waals surface area contributed by atoms with Gasteiger partial charge in [-0.15, -0.1) is 0 Å². The molecule has 0 bridgehead atoms. The fourth-order valence-corrected chi connectivity index (χ4v) is 4.06. The molecular formula is C19H24ClN3OS. The van der Waals surface area contributed by atoms with E-state index < -0.39 is 0 Å². The smallest absolute Gasteiger partial charge is 0.319 e. The third-order valence-electron chi connectivity index (χ3n) is 4.57. The minimum absolute atomic E-state index is 0.183. The molecule has 2 N–H and O–H groups in total. The van der Waals surface area contributed by atoms with Crippen LogP contribution in [-0.4, -0.2) is 30.6 Å². The van der Waals surface area contributed by atoms with Gasteiger partial charge >= 0.3 is 6.03 Å². The molecule has 4 nitrogen and oxygen atoms in total. The largest absolute Gasteiger partial charge is 0.336 e. The van der Waals surface area contributed by atoms with Crippen molar-refractivity contribution < 1.29 is 4.79 Å². The molecule has 1 unspecified atom stereocenters. The Balaban J connectivity index is 1.60. The second-order valence-corrected chi connectivity index (χ2v) is 7.58. The monoisotopic (exact) mass is 377 g/mol. The summed E-state index contributed by atoms with van der Waals surface area (Å²) in [6.45, 7) is 2.80. The molecule has 1 aromatic carbocycles. The van der Waals surface area contributed by atoms with Crippen LogP contribution in [0.1, 0.15) is 37.3 Å². The van der Waals surface area contributed by atoms with Gasteiger partial charge < -0.3 is 10.6 Å². The number of urea groups is 1. The predicted molar refractivity (Wildman–Crippen MR) is 106 cm³/mol. The van der Waals surface area contributed by atoms with Crippen LogP contribution in [-0.2, 0) is 0 Å². The Hall–Kier alpha value is -1.56. The van der Waals surface area contributed by atoms with E-state index in [0.717, 1.165) is 18.8 Å². The molecule has 0 aliphatic carbocycles. The number of nitrogens with one attached hydrogen (secondary N) is 2. The number of hydrogen-bond donors (Lipinski definition) is 2. The first-order valence-electron chi connectivity index (χ1n) is 8.79. The standard InChI is InChI=1S/C19H24ClN3OS/c20-16-5-7-17(8-6-16)22-19(24)21-13-18(15-9-12-25-14-15)23-10-3-1-2-4-11-23/h5-9,12,14,18H,1-4,10-11,13H2,(H2,21,22,24). The number of rotatable bonds is 5. The number of carbonyl (C=O) groups excluding carboxylic acids is 1. The summed E-state index contributed by atoms with van der Waals surface area (Å²) in [7, 11) is 0. The second kappa shape index (κ2) is 9.22. The maximum atomic E-state index is 12.3. The lowest BCUT2D eigenvalue weighted by Gasteiger charge is -2.30. The van der Waals surface area contributed by atoms with Crippen LogP contribution in [0.25, 0.3) is 0 Å². The molecule has 1 atom stereocenters. The number of hydrogen-bond acceptors (Lipinski definition) is 3. The zero-order valence-electron chi connectivity index (χ0n) is 14.2. The molecular weight excluding hydrogens is 354 g/mol. The van der Waals surface area contributed by atoms with Gasteiger partial charge in [-0.05, 0) is 72.6 Å². The summed E-state index contributed by atoms with van der Waals surface area (Å²) in [5, 5.41) is 10.8. The first-order chi connectivity index (χ1) is 12.2. The van der Waals surface area contributed by atoms with Gasteiger partial charge in [0.05, 0.1) is 6.04 Å². The third-order valence-corrected chi connectivity index (χ3v) is 5.52. The van der Waals surface area contributed by atoms with Crippen LogP contribution < -0.4 is 10.6 Å². The fourth-order valence-electron chi connectivity index (χ4n) is 3.23. The molecule has 3 rings (SSSR count). The lowest BCUT2D eigenvalue weighted by molar-refractivity contribution is 0.199. The van der Waals surface area contributed by atoms with E-state index in [1.54, 1.807) is 35.6 Å². The average molecular weight is 378 g/mol. The number of likely N-dealkylation sites (tertiary alicyclic amines) is 1. The molecule has 1 aliphatic heterocycles. The topological polar surface area (TPSA) is 44.4 Å². The molecule has 1 aromatic heterocycles. The summed E-state index contributed by atoms with van der Waals surface area (Å²) in [5.74, 6) is 0. The minimum Gasteiger partial charge on any atom is -0.336 e. The normalized spacial score (nSPS) is 16.8. The van der Waals surface area contributed by atoms with E-state index in [2.05, 4.69) is 32.4 Å². The van der Waals surface area contributed by atoms with Gasteiger partial charge in [0, 0.05) is 17.3 Å². The summed E-state index contributed by atoms with van der Waals surface area (Å²) in [6.07, 6.45) is 5.07. The number of thiophene rings is 1. The summed E-state index contributed by atoms with van der Waals surface area (Å²) in [6, 6.07) is 9.35. The van der Waals surface area contributed by atoms with Crippen molar-refractivity contribution in [1.82, 2.24) is 10.2 Å². The minimum atomic E-state index is -0.183. The first kappa shape index (κ1) is 18.2. The van der Waals surface area contributed by atoms with Crippen molar-refractivity contribution in [3.63, 3.8) is 0 Å². The number of anilines is 1. The number of amides is 2. The van der Waals surface area contributed by atoms with E-state index in [-0.39, 0.29) is 12.1 Å². The zero-order chi connectivity index (χ0) is 17.5. The number of benzene rings is 1. The predicted octanol–water partition coefficient (Wildman–Crippen LogP) is 5.14. The van der Waals surface area contributed by atoms with Crippen LogP contribution in [0.4, 0.5) is 10.5 Å². The maximum absolute atomic E-state index is 12.3. The zero-order valence-corrected chi connectivity index (χ0v) is 15.8. The number of carbonyl (C=O) groups is 1. The van der Waals surface area contributed by atoms with E-state index in [1.165, 1.54) is 31.2 Å². The molecule has 6 heteroatoms. The van der Waals surface area contributed by atoms with Crippen LogP contribution in [0, 0.1) is 0 Å². The van der Waals surface area contributed by atoms with Crippen molar-refractivity contribution >= 4 is 34.7 Å². The molecule has 0 saturated carbocycles. The van der Waals surface area contributed by atoms with Crippen molar-refractivity contribution in [2.75, 3.05) is 25.0 Å². The van der Waals surface area contributed by atoms with Crippen LogP contribution in [0.3, 0.4) is 0 Å². The highest BCUT2D eigenvalue weighted by Crippen LogP contribution is 2.25. The van der Waals surface area contributed by atoms with Gasteiger partial charge in [0.2, 0.25) is 0 Å². The van der Waals surface area contributed by atoms with Crippen molar-refractivity contribution in [2.24, 2.45) is 0 Å². The second-order valence-electron chi connectivity index (χ2n) is 6.36. The Morgan fingerprint density at radius 2 is 1.84 bits per heavy atom. The average Bonchev–Trinajstić information content (AvgIpc) is 3.00. The number of halogens is 1. The summed E-state index contributed by atoms with van der Waals surface area (Å²) in [5.41, 5.74) is 2.03. The highest BCUT2D eigenvalue weighted by molar-refractivity contribution is 7.07. The molecule has 1 saturated heterocycles. The summed E-state index contributed by atoms with van der Waals surface area (Å²) in [4.78, 5) is 14.8. The molecule has 2 amide bonds. The highest BCUT2D eigenvalue weighted by atomic mass is 35.5. The first-order valence-corrected chi connectivity index (χ1v) is 10.1. The molecule has 134 valence electrons. The van der Waals surface area contributed by atoms with Crippen molar-refractivity contribution in [3.05, 3.63) is 51.7 Å². The van der Waals surface area contributed by atoms with Gasteiger partial charge in [-0.2, -0.15) is 11.3 Å². The Bertz CT molecular complexity index is 652. The maximum Gasteiger partial charge on any atom is 0.319 e. The molecule has 0 radical (unpaired) electrons. The van der Waals surface area contributed by atoms with Crippen LogP contribution in [0.15, 0.2) is 41.1 Å².